The molecule has 0 radical (unpaired) electrons. The first-order valence-corrected chi connectivity index (χ1v) is 7.49. The summed E-state index contributed by atoms with van der Waals surface area (Å²) in [5, 5.41) is 9.05. The number of furan rings is 1. The Bertz CT molecular complexity index is 751. The zero-order chi connectivity index (χ0) is 17.9. The van der Waals surface area contributed by atoms with E-state index in [-0.39, 0.29) is 29.8 Å². The first kappa shape index (κ1) is 17.5. The average molecular weight is 332 g/mol. The van der Waals surface area contributed by atoms with E-state index >= 15 is 0 Å². The van der Waals surface area contributed by atoms with Crippen LogP contribution in [0.15, 0.2) is 28.8 Å². The number of aryl methyl sites for hydroxylation is 1. The van der Waals surface area contributed by atoms with E-state index in [1.165, 1.54) is 17.2 Å². The van der Waals surface area contributed by atoms with Crippen molar-refractivity contribution >= 4 is 11.9 Å². The summed E-state index contributed by atoms with van der Waals surface area (Å²) >= 11 is 0. The predicted molar refractivity (Wildman–Crippen MR) is 86.2 cm³/mol. The van der Waals surface area contributed by atoms with Crippen LogP contribution in [0.3, 0.4) is 0 Å². The van der Waals surface area contributed by atoms with Gasteiger partial charge >= 0.3 is 5.97 Å². The molecule has 1 amide bonds. The summed E-state index contributed by atoms with van der Waals surface area (Å²) in [6.07, 6.45) is 1.44. The first-order chi connectivity index (χ1) is 11.3. The minimum atomic E-state index is -1.06. The predicted octanol–water partition coefficient (Wildman–Crippen LogP) is 2.74. The molecule has 7 heteroatoms. The van der Waals surface area contributed by atoms with Crippen LogP contribution >= 0.6 is 0 Å². The Balaban J connectivity index is 2.18. The Hall–Kier alpha value is -2.83. The number of aromatic nitrogens is 1. The van der Waals surface area contributed by atoms with Crippen molar-refractivity contribution in [1.82, 2.24) is 9.88 Å². The van der Waals surface area contributed by atoms with Crippen molar-refractivity contribution in [3.05, 3.63) is 47.2 Å². The molecule has 0 aromatic carbocycles. The van der Waals surface area contributed by atoms with Gasteiger partial charge in [0.05, 0.1) is 12.6 Å². The van der Waals surface area contributed by atoms with E-state index in [9.17, 15) is 9.59 Å². The number of rotatable bonds is 6. The fourth-order valence-electron chi connectivity index (χ4n) is 2.22. The van der Waals surface area contributed by atoms with Gasteiger partial charge in [0, 0.05) is 13.2 Å². The van der Waals surface area contributed by atoms with Gasteiger partial charge in [-0.2, -0.15) is 0 Å². The molecule has 7 nitrogen and oxygen atoms in total. The topological polar surface area (TPSA) is 92.9 Å². The summed E-state index contributed by atoms with van der Waals surface area (Å²) in [5.74, 6) is -0.291. The highest BCUT2D eigenvalue weighted by Crippen LogP contribution is 2.21. The molecule has 0 spiro atoms. The zero-order valence-corrected chi connectivity index (χ0v) is 14.1. The quantitative estimate of drug-likeness (QED) is 0.874. The van der Waals surface area contributed by atoms with E-state index in [1.807, 2.05) is 13.8 Å². The molecule has 2 heterocycles. The fraction of sp³-hybridized carbons (Fsp3) is 0.353. The van der Waals surface area contributed by atoms with Gasteiger partial charge in [-0.1, -0.05) is 0 Å². The van der Waals surface area contributed by atoms with Gasteiger partial charge in [-0.05, 0) is 39.0 Å². The summed E-state index contributed by atoms with van der Waals surface area (Å²) in [6, 6.07) is 4.81. The lowest BCUT2D eigenvalue weighted by molar-refractivity contribution is 0.0693. The third kappa shape index (κ3) is 3.92. The lowest BCUT2D eigenvalue weighted by Crippen LogP contribution is -2.27. The molecule has 0 saturated heterocycles. The summed E-state index contributed by atoms with van der Waals surface area (Å²) in [7, 11) is 1.59. The number of aromatic carboxylic acids is 1. The van der Waals surface area contributed by atoms with Crippen LogP contribution in [0.5, 0.6) is 5.75 Å². The Morgan fingerprint density at radius 1 is 1.42 bits per heavy atom. The van der Waals surface area contributed by atoms with Crippen LogP contribution in [0.2, 0.25) is 0 Å². The molecule has 0 aliphatic rings. The number of carboxylic acids is 1. The molecular weight excluding hydrogens is 312 g/mol. The Labute approximate surface area is 139 Å². The van der Waals surface area contributed by atoms with Crippen LogP contribution in [0, 0.1) is 6.92 Å². The van der Waals surface area contributed by atoms with Crippen LogP contribution in [-0.2, 0) is 6.54 Å². The molecule has 0 unspecified atom stereocenters. The van der Waals surface area contributed by atoms with Crippen molar-refractivity contribution in [1.29, 1.82) is 0 Å². The Morgan fingerprint density at radius 3 is 2.71 bits per heavy atom. The minimum absolute atomic E-state index is 0.0862. The maximum absolute atomic E-state index is 12.6. The van der Waals surface area contributed by atoms with E-state index in [0.29, 0.717) is 17.3 Å². The largest absolute Gasteiger partial charge is 0.489 e. The van der Waals surface area contributed by atoms with Crippen molar-refractivity contribution < 1.29 is 23.8 Å². The molecule has 1 N–H and O–H groups in total. The Kier molecular flexibility index (Phi) is 5.23. The molecule has 0 saturated carbocycles. The molecular formula is C17H20N2O5. The summed E-state index contributed by atoms with van der Waals surface area (Å²) in [6.45, 7) is 5.43. The molecule has 128 valence electrons. The number of hydrogen-bond acceptors (Lipinski definition) is 5. The standard InChI is InChI=1S/C17H20N2O5/c1-10(2)23-14-6-5-7-18-15(14)16(20)19(4)9-12-8-13(17(21)22)11(3)24-12/h5-8,10H,9H2,1-4H3,(H,21,22). The van der Waals surface area contributed by atoms with E-state index < -0.39 is 5.97 Å². The lowest BCUT2D eigenvalue weighted by atomic mass is 10.2. The zero-order valence-electron chi connectivity index (χ0n) is 14.1. The van der Waals surface area contributed by atoms with Gasteiger partial charge in [-0.3, -0.25) is 4.79 Å². The molecule has 0 bridgehead atoms. The van der Waals surface area contributed by atoms with Gasteiger partial charge < -0.3 is 19.2 Å². The van der Waals surface area contributed by atoms with Gasteiger partial charge in [-0.15, -0.1) is 0 Å². The highest BCUT2D eigenvalue weighted by Gasteiger charge is 2.21. The maximum atomic E-state index is 12.6. The highest BCUT2D eigenvalue weighted by molar-refractivity contribution is 5.94. The normalized spacial score (nSPS) is 10.7. The third-order valence-electron chi connectivity index (χ3n) is 3.27. The molecule has 2 aromatic rings. The summed E-state index contributed by atoms with van der Waals surface area (Å²) < 4.78 is 11.0. The first-order valence-electron chi connectivity index (χ1n) is 7.49. The van der Waals surface area contributed by atoms with Gasteiger partial charge in [0.1, 0.15) is 17.1 Å². The number of ether oxygens (including phenoxy) is 1. The molecule has 2 rings (SSSR count). The van der Waals surface area contributed by atoms with Crippen molar-refractivity contribution in [3.8, 4) is 5.75 Å². The van der Waals surface area contributed by atoms with Crippen molar-refractivity contribution in [2.45, 2.75) is 33.4 Å². The monoisotopic (exact) mass is 332 g/mol. The van der Waals surface area contributed by atoms with Gasteiger partial charge in [0.15, 0.2) is 11.4 Å². The number of carbonyl (C=O) groups excluding carboxylic acids is 1. The number of carbonyl (C=O) groups is 2. The second-order valence-electron chi connectivity index (χ2n) is 5.67. The molecule has 0 aliphatic heterocycles. The Morgan fingerprint density at radius 2 is 2.12 bits per heavy atom. The minimum Gasteiger partial charge on any atom is -0.489 e. The smallest absolute Gasteiger partial charge is 0.339 e. The van der Waals surface area contributed by atoms with Gasteiger partial charge in [-0.25, -0.2) is 9.78 Å². The number of pyridine rings is 1. The number of carboxylic acid groups (broad SMARTS) is 1. The molecule has 24 heavy (non-hydrogen) atoms. The molecule has 0 atom stereocenters. The molecule has 0 aliphatic carbocycles. The second kappa shape index (κ2) is 7.16. The van der Waals surface area contributed by atoms with Crippen molar-refractivity contribution in [2.24, 2.45) is 0 Å². The van der Waals surface area contributed by atoms with Crippen LogP contribution in [0.4, 0.5) is 0 Å². The number of amides is 1. The second-order valence-corrected chi connectivity index (χ2v) is 5.67. The molecule has 0 fully saturated rings. The maximum Gasteiger partial charge on any atom is 0.339 e. The fourth-order valence-corrected chi connectivity index (χ4v) is 2.22. The van der Waals surface area contributed by atoms with Crippen LogP contribution in [0.1, 0.15) is 46.2 Å². The SMILES string of the molecule is Cc1oc(CN(C)C(=O)c2ncccc2OC(C)C)cc1C(=O)O. The van der Waals surface area contributed by atoms with E-state index in [2.05, 4.69) is 4.98 Å². The molecule has 2 aromatic heterocycles. The van der Waals surface area contributed by atoms with Crippen LogP contribution in [-0.4, -0.2) is 40.0 Å². The van der Waals surface area contributed by atoms with Gasteiger partial charge in [0.2, 0.25) is 0 Å². The average Bonchev–Trinajstić information content (AvgIpc) is 2.87. The lowest BCUT2D eigenvalue weighted by Gasteiger charge is -2.18. The summed E-state index contributed by atoms with van der Waals surface area (Å²) in [5.41, 5.74) is 0.294. The van der Waals surface area contributed by atoms with E-state index in [4.69, 9.17) is 14.3 Å². The van der Waals surface area contributed by atoms with E-state index in [1.54, 1.807) is 26.1 Å². The van der Waals surface area contributed by atoms with E-state index in [0.717, 1.165) is 0 Å². The number of hydrogen-bond donors (Lipinski definition) is 1. The summed E-state index contributed by atoms with van der Waals surface area (Å²) in [4.78, 5) is 29.2. The number of nitrogens with zero attached hydrogens (tertiary/aromatic N) is 2. The van der Waals surface area contributed by atoms with Crippen LogP contribution in [0.25, 0.3) is 0 Å². The van der Waals surface area contributed by atoms with Crippen molar-refractivity contribution in [3.63, 3.8) is 0 Å². The van der Waals surface area contributed by atoms with Crippen LogP contribution < -0.4 is 4.74 Å². The highest BCUT2D eigenvalue weighted by atomic mass is 16.5. The van der Waals surface area contributed by atoms with Crippen molar-refractivity contribution in [2.75, 3.05) is 7.05 Å². The third-order valence-corrected chi connectivity index (χ3v) is 3.27. The van der Waals surface area contributed by atoms with Gasteiger partial charge in [0.25, 0.3) is 5.91 Å².